The number of nitrogens with zero attached hydrogens (tertiary/aromatic N) is 1. The summed E-state index contributed by atoms with van der Waals surface area (Å²) in [6.45, 7) is 2.20. The van der Waals surface area contributed by atoms with Crippen molar-refractivity contribution >= 4 is 18.2 Å². The molecule has 1 N–H and O–H groups in total. The Hall–Kier alpha value is -1.68. The molecule has 0 amide bonds. The molecule has 3 aliphatic rings. The zero-order chi connectivity index (χ0) is 12.7. The predicted octanol–water partition coefficient (Wildman–Crippen LogP) is 2.34. The van der Waals surface area contributed by atoms with Crippen molar-refractivity contribution in [2.45, 2.75) is 18.4 Å². The lowest BCUT2D eigenvalue weighted by Crippen LogP contribution is -2.57. The van der Waals surface area contributed by atoms with E-state index in [4.69, 9.17) is 9.47 Å². The summed E-state index contributed by atoms with van der Waals surface area (Å²) in [7, 11) is 0. The third-order valence-corrected chi connectivity index (χ3v) is 3.94. The molecule has 0 saturated heterocycles. The Kier molecular flexibility index (Phi) is 3.34. The van der Waals surface area contributed by atoms with E-state index in [2.05, 4.69) is 16.4 Å². The maximum absolute atomic E-state index is 6.32. The summed E-state index contributed by atoms with van der Waals surface area (Å²) in [5.74, 6) is 2.54. The lowest BCUT2D eigenvalue weighted by Gasteiger charge is -2.42. The van der Waals surface area contributed by atoms with Gasteiger partial charge in [-0.3, -0.25) is 4.99 Å². The van der Waals surface area contributed by atoms with Crippen molar-refractivity contribution in [3.8, 4) is 11.5 Å². The van der Waals surface area contributed by atoms with Crippen LogP contribution < -0.4 is 14.8 Å². The Morgan fingerprint density at radius 1 is 1.20 bits per heavy atom. The molecule has 1 atom stereocenters. The largest absolute Gasteiger partial charge is 0.485 e. The number of hydrogen-bond donors (Lipinski definition) is 1. The number of hydrogen-bond acceptors (Lipinski definition) is 4. The Morgan fingerprint density at radius 2 is 2.00 bits per heavy atom. The summed E-state index contributed by atoms with van der Waals surface area (Å²) < 4.78 is 12.2. The summed E-state index contributed by atoms with van der Waals surface area (Å²) in [4.78, 5) is 4.57. The second kappa shape index (κ2) is 5.02. The van der Waals surface area contributed by atoms with Gasteiger partial charge in [-0.2, -0.15) is 0 Å². The van der Waals surface area contributed by atoms with Crippen LogP contribution in [0.4, 0.5) is 0 Å². The van der Waals surface area contributed by atoms with Gasteiger partial charge in [0.25, 0.3) is 0 Å². The van der Waals surface area contributed by atoms with Crippen LogP contribution >= 0.6 is 12.4 Å². The van der Waals surface area contributed by atoms with Crippen LogP contribution in [0.15, 0.2) is 40.9 Å². The molecule has 0 radical (unpaired) electrons. The quantitative estimate of drug-likeness (QED) is 0.851. The standard InChI is InChI=1S/C15H16N2O2.ClH/c1-2-7-13-12(6-1)18-10-15(19-13,11-4-3-5-11)14-16-8-9-17-14;/h1-2,4,6-7H,3,5,8-10H2,(H,16,17);1H. The van der Waals surface area contributed by atoms with Crippen molar-refractivity contribution in [1.29, 1.82) is 0 Å². The molecule has 20 heavy (non-hydrogen) atoms. The van der Waals surface area contributed by atoms with Gasteiger partial charge in [-0.25, -0.2) is 0 Å². The first-order chi connectivity index (χ1) is 9.38. The van der Waals surface area contributed by atoms with E-state index in [1.807, 2.05) is 24.3 Å². The molecule has 1 aromatic rings. The Balaban J connectivity index is 0.00000121. The Morgan fingerprint density at radius 3 is 2.65 bits per heavy atom. The van der Waals surface area contributed by atoms with Gasteiger partial charge in [0.2, 0.25) is 5.60 Å². The number of fused-ring (bicyclic) bond motifs is 1. The molecule has 0 fully saturated rings. The van der Waals surface area contributed by atoms with E-state index in [1.54, 1.807) is 0 Å². The van der Waals surface area contributed by atoms with Gasteiger partial charge in [0.1, 0.15) is 12.4 Å². The molecule has 0 bridgehead atoms. The molecular weight excluding hydrogens is 276 g/mol. The fourth-order valence-electron chi connectivity index (χ4n) is 2.80. The number of aliphatic imine (C=N–C) groups is 1. The minimum Gasteiger partial charge on any atom is -0.485 e. The molecule has 4 nitrogen and oxygen atoms in total. The molecule has 1 unspecified atom stereocenters. The Labute approximate surface area is 124 Å². The number of rotatable bonds is 2. The molecule has 2 aliphatic heterocycles. The first-order valence-corrected chi connectivity index (χ1v) is 6.78. The van der Waals surface area contributed by atoms with E-state index in [9.17, 15) is 0 Å². The van der Waals surface area contributed by atoms with Crippen LogP contribution in [0.25, 0.3) is 0 Å². The third kappa shape index (κ3) is 1.86. The van der Waals surface area contributed by atoms with Gasteiger partial charge in [-0.15, -0.1) is 12.4 Å². The first kappa shape index (κ1) is 13.3. The molecule has 2 heterocycles. The van der Waals surface area contributed by atoms with E-state index in [-0.39, 0.29) is 12.4 Å². The number of para-hydroxylation sites is 2. The monoisotopic (exact) mass is 292 g/mol. The van der Waals surface area contributed by atoms with E-state index < -0.39 is 5.60 Å². The van der Waals surface area contributed by atoms with Crippen molar-refractivity contribution in [3.63, 3.8) is 0 Å². The van der Waals surface area contributed by atoms with Crippen LogP contribution in [0.5, 0.6) is 11.5 Å². The number of nitrogens with one attached hydrogen (secondary N) is 1. The van der Waals surface area contributed by atoms with Crippen LogP contribution in [-0.2, 0) is 0 Å². The van der Waals surface area contributed by atoms with Crippen LogP contribution in [-0.4, -0.2) is 31.1 Å². The highest BCUT2D eigenvalue weighted by atomic mass is 35.5. The van der Waals surface area contributed by atoms with Gasteiger partial charge < -0.3 is 14.8 Å². The van der Waals surface area contributed by atoms with Gasteiger partial charge in [0.15, 0.2) is 11.5 Å². The van der Waals surface area contributed by atoms with Crippen LogP contribution in [0, 0.1) is 0 Å². The molecule has 1 aliphatic carbocycles. The maximum Gasteiger partial charge on any atom is 0.220 e. The van der Waals surface area contributed by atoms with Crippen LogP contribution in [0.1, 0.15) is 12.8 Å². The number of allylic oxidation sites excluding steroid dienone is 1. The van der Waals surface area contributed by atoms with E-state index >= 15 is 0 Å². The minimum atomic E-state index is -0.525. The molecule has 4 rings (SSSR count). The van der Waals surface area contributed by atoms with Gasteiger partial charge in [-0.1, -0.05) is 18.2 Å². The number of amidine groups is 1. The highest BCUT2D eigenvalue weighted by Gasteiger charge is 2.48. The average Bonchev–Trinajstić information content (AvgIpc) is 2.91. The van der Waals surface area contributed by atoms with Crippen molar-refractivity contribution in [2.75, 3.05) is 19.7 Å². The fraction of sp³-hybridized carbons (Fsp3) is 0.400. The zero-order valence-corrected chi connectivity index (χ0v) is 11.9. The highest BCUT2D eigenvalue weighted by Crippen LogP contribution is 2.42. The molecule has 5 heteroatoms. The van der Waals surface area contributed by atoms with E-state index in [1.165, 1.54) is 5.57 Å². The van der Waals surface area contributed by atoms with Crippen LogP contribution in [0.2, 0.25) is 0 Å². The molecule has 0 saturated carbocycles. The summed E-state index contributed by atoms with van der Waals surface area (Å²) in [6.07, 6.45) is 4.42. The summed E-state index contributed by atoms with van der Waals surface area (Å²) in [5.41, 5.74) is 0.762. The molecule has 0 aromatic heterocycles. The fourth-order valence-corrected chi connectivity index (χ4v) is 2.80. The van der Waals surface area contributed by atoms with Gasteiger partial charge in [-0.05, 0) is 30.5 Å². The zero-order valence-electron chi connectivity index (χ0n) is 11.1. The second-order valence-electron chi connectivity index (χ2n) is 5.09. The SMILES string of the molecule is C1=C(C2(C3=NCCN3)COc3ccccc3O2)CC1.Cl. The lowest BCUT2D eigenvalue weighted by atomic mass is 9.81. The number of halogens is 1. The van der Waals surface area contributed by atoms with E-state index in [0.717, 1.165) is 43.3 Å². The molecular formula is C15H17ClN2O2. The average molecular weight is 293 g/mol. The summed E-state index contributed by atoms with van der Waals surface area (Å²) >= 11 is 0. The van der Waals surface area contributed by atoms with E-state index in [0.29, 0.717) is 6.61 Å². The van der Waals surface area contributed by atoms with Gasteiger partial charge >= 0.3 is 0 Å². The second-order valence-corrected chi connectivity index (χ2v) is 5.09. The molecule has 1 aromatic carbocycles. The molecule has 0 spiro atoms. The smallest absolute Gasteiger partial charge is 0.220 e. The van der Waals surface area contributed by atoms with Crippen LogP contribution in [0.3, 0.4) is 0 Å². The van der Waals surface area contributed by atoms with Crippen molar-refractivity contribution in [2.24, 2.45) is 4.99 Å². The van der Waals surface area contributed by atoms with Crippen molar-refractivity contribution in [3.05, 3.63) is 35.9 Å². The van der Waals surface area contributed by atoms with Gasteiger partial charge in [0.05, 0.1) is 6.54 Å². The summed E-state index contributed by atoms with van der Waals surface area (Å²) in [6, 6.07) is 7.83. The summed E-state index contributed by atoms with van der Waals surface area (Å²) in [5, 5.41) is 3.35. The minimum absolute atomic E-state index is 0. The lowest BCUT2D eigenvalue weighted by molar-refractivity contribution is 0.0651. The number of benzene rings is 1. The predicted molar refractivity (Wildman–Crippen MR) is 80.2 cm³/mol. The topological polar surface area (TPSA) is 42.9 Å². The first-order valence-electron chi connectivity index (χ1n) is 6.78. The molecule has 106 valence electrons. The normalized spacial score (nSPS) is 26.6. The van der Waals surface area contributed by atoms with Crippen molar-refractivity contribution < 1.29 is 9.47 Å². The number of ether oxygens (including phenoxy) is 2. The highest BCUT2D eigenvalue weighted by molar-refractivity contribution is 5.96. The van der Waals surface area contributed by atoms with Crippen molar-refractivity contribution in [1.82, 2.24) is 5.32 Å². The van der Waals surface area contributed by atoms with Gasteiger partial charge in [0, 0.05) is 6.54 Å². The third-order valence-electron chi connectivity index (χ3n) is 3.94. The maximum atomic E-state index is 6.32. The Bertz CT molecular complexity index is 585.